The number of nitrogens with zero attached hydrogens (tertiary/aromatic N) is 3. The van der Waals surface area contributed by atoms with Crippen LogP contribution in [0.5, 0.6) is 5.75 Å². The van der Waals surface area contributed by atoms with E-state index in [1.165, 1.54) is 25.9 Å². The lowest BCUT2D eigenvalue weighted by atomic mass is 10.1. The van der Waals surface area contributed by atoms with Gasteiger partial charge >= 0.3 is 0 Å². The van der Waals surface area contributed by atoms with E-state index in [9.17, 15) is 0 Å². The van der Waals surface area contributed by atoms with Crippen LogP contribution in [0, 0.1) is 0 Å². The molecule has 5 heteroatoms. The number of hydrogen-bond acceptors (Lipinski definition) is 3. The van der Waals surface area contributed by atoms with Gasteiger partial charge in [-0.25, -0.2) is 0 Å². The van der Waals surface area contributed by atoms with E-state index in [1.54, 1.807) is 0 Å². The lowest BCUT2D eigenvalue weighted by molar-refractivity contribution is 0.238. The van der Waals surface area contributed by atoms with Crippen molar-refractivity contribution in [1.29, 1.82) is 0 Å². The number of hydrogen-bond donors (Lipinski definition) is 0. The number of benzene rings is 1. The maximum Gasteiger partial charge on any atom is 0.128 e. The Morgan fingerprint density at radius 2 is 2.00 bits per heavy atom. The van der Waals surface area contributed by atoms with Crippen LogP contribution >= 0.6 is 15.9 Å². The minimum atomic E-state index is 0.729. The predicted molar refractivity (Wildman–Crippen MR) is 87.5 cm³/mol. The van der Waals surface area contributed by atoms with Crippen LogP contribution in [0.25, 0.3) is 11.3 Å². The first kappa shape index (κ1) is 14.6. The van der Waals surface area contributed by atoms with E-state index in [0.29, 0.717) is 0 Å². The van der Waals surface area contributed by atoms with Crippen molar-refractivity contribution >= 4 is 15.9 Å². The molecule has 0 bridgehead atoms. The van der Waals surface area contributed by atoms with Gasteiger partial charge in [0.05, 0.1) is 16.4 Å². The number of likely N-dealkylation sites (tertiary alicyclic amines) is 1. The third-order valence-electron chi connectivity index (χ3n) is 3.90. The second kappa shape index (κ2) is 6.62. The first-order valence-corrected chi connectivity index (χ1v) is 8.17. The van der Waals surface area contributed by atoms with Gasteiger partial charge in [0.2, 0.25) is 0 Å². The highest BCUT2D eigenvalue weighted by Crippen LogP contribution is 2.34. The molecule has 1 aromatic heterocycles. The van der Waals surface area contributed by atoms with Crippen molar-refractivity contribution < 1.29 is 4.74 Å². The maximum atomic E-state index is 6.03. The Morgan fingerprint density at radius 3 is 2.71 bits per heavy atom. The Kier molecular flexibility index (Phi) is 4.60. The summed E-state index contributed by atoms with van der Waals surface area (Å²) in [6.45, 7) is 4.14. The third kappa shape index (κ3) is 3.30. The Morgan fingerprint density at radius 1 is 1.24 bits per heavy atom. The highest BCUT2D eigenvalue weighted by atomic mass is 79.9. The van der Waals surface area contributed by atoms with Crippen molar-refractivity contribution in [2.45, 2.75) is 12.8 Å². The first-order chi connectivity index (χ1) is 10.3. The predicted octanol–water partition coefficient (Wildman–Crippen LogP) is 3.32. The summed E-state index contributed by atoms with van der Waals surface area (Å²) in [6, 6.07) is 8.15. The molecular formula is C16H20BrN3O. The van der Waals surface area contributed by atoms with Gasteiger partial charge in [0, 0.05) is 19.2 Å². The minimum absolute atomic E-state index is 0.729. The average Bonchev–Trinajstić information content (AvgIpc) is 3.10. The Bertz CT molecular complexity index is 586. The first-order valence-electron chi connectivity index (χ1n) is 7.38. The van der Waals surface area contributed by atoms with Crippen molar-refractivity contribution in [3.8, 4) is 17.0 Å². The molecule has 1 saturated heterocycles. The molecule has 0 atom stereocenters. The zero-order valence-corrected chi connectivity index (χ0v) is 13.8. The van der Waals surface area contributed by atoms with Gasteiger partial charge in [0.1, 0.15) is 12.4 Å². The number of aryl methyl sites for hydroxylation is 1. The Balaban J connectivity index is 1.73. The van der Waals surface area contributed by atoms with E-state index in [0.717, 1.165) is 34.6 Å². The zero-order chi connectivity index (χ0) is 14.7. The molecule has 1 aliphatic heterocycles. The molecule has 112 valence electrons. The number of halogens is 1. The summed E-state index contributed by atoms with van der Waals surface area (Å²) in [5.41, 5.74) is 2.12. The molecule has 0 amide bonds. The summed E-state index contributed by atoms with van der Waals surface area (Å²) in [5.74, 6) is 0.918. The molecule has 2 aromatic rings. The summed E-state index contributed by atoms with van der Waals surface area (Å²) < 4.78 is 8.88. The van der Waals surface area contributed by atoms with E-state index in [2.05, 4.69) is 32.0 Å². The van der Waals surface area contributed by atoms with Crippen LogP contribution in [0.4, 0.5) is 0 Å². The largest absolute Gasteiger partial charge is 0.492 e. The van der Waals surface area contributed by atoms with Gasteiger partial charge in [0.15, 0.2) is 0 Å². The van der Waals surface area contributed by atoms with Gasteiger partial charge in [-0.05, 0) is 54.0 Å². The zero-order valence-electron chi connectivity index (χ0n) is 12.3. The van der Waals surface area contributed by atoms with Crippen molar-refractivity contribution in [3.63, 3.8) is 0 Å². The third-order valence-corrected chi connectivity index (χ3v) is 4.48. The van der Waals surface area contributed by atoms with Crippen LogP contribution in [0.3, 0.4) is 0 Å². The molecule has 1 aromatic carbocycles. The summed E-state index contributed by atoms with van der Waals surface area (Å²) in [6.07, 6.45) is 4.45. The highest BCUT2D eigenvalue weighted by Gasteiger charge is 2.15. The van der Waals surface area contributed by atoms with Crippen LogP contribution in [0.1, 0.15) is 12.8 Å². The van der Waals surface area contributed by atoms with E-state index < -0.39 is 0 Å². The van der Waals surface area contributed by atoms with Crippen molar-refractivity contribution in [2.75, 3.05) is 26.2 Å². The van der Waals surface area contributed by atoms with Crippen LogP contribution in [-0.2, 0) is 7.05 Å². The van der Waals surface area contributed by atoms with Crippen LogP contribution in [0.15, 0.2) is 34.9 Å². The summed E-state index contributed by atoms with van der Waals surface area (Å²) in [7, 11) is 1.95. The molecule has 1 aliphatic rings. The van der Waals surface area contributed by atoms with Crippen LogP contribution in [-0.4, -0.2) is 40.9 Å². The Hall–Kier alpha value is -1.33. The van der Waals surface area contributed by atoms with E-state index in [1.807, 2.05) is 36.1 Å². The Labute approximate surface area is 133 Å². The lowest BCUT2D eigenvalue weighted by Gasteiger charge is -2.16. The quantitative estimate of drug-likeness (QED) is 0.829. The molecule has 2 heterocycles. The molecular weight excluding hydrogens is 330 g/mol. The summed E-state index contributed by atoms with van der Waals surface area (Å²) in [4.78, 5) is 2.46. The fraction of sp³-hybridized carbons (Fsp3) is 0.438. The molecule has 0 spiro atoms. The molecule has 0 radical (unpaired) electrons. The topological polar surface area (TPSA) is 30.3 Å². The van der Waals surface area contributed by atoms with Gasteiger partial charge in [-0.2, -0.15) is 5.10 Å². The van der Waals surface area contributed by atoms with Gasteiger partial charge in [0.25, 0.3) is 0 Å². The van der Waals surface area contributed by atoms with Crippen molar-refractivity contribution in [2.24, 2.45) is 7.05 Å². The highest BCUT2D eigenvalue weighted by molar-refractivity contribution is 9.10. The van der Waals surface area contributed by atoms with Crippen molar-refractivity contribution in [1.82, 2.24) is 14.7 Å². The number of rotatable bonds is 5. The molecule has 3 rings (SSSR count). The maximum absolute atomic E-state index is 6.03. The van der Waals surface area contributed by atoms with Gasteiger partial charge in [-0.1, -0.05) is 12.1 Å². The monoisotopic (exact) mass is 349 g/mol. The standard InChI is InChI=1S/C16H20BrN3O/c1-19-16(14(17)12-18-19)13-6-2-3-7-15(13)21-11-10-20-8-4-5-9-20/h2-3,6-7,12H,4-5,8-11H2,1H3. The molecule has 21 heavy (non-hydrogen) atoms. The summed E-state index contributed by atoms with van der Waals surface area (Å²) in [5, 5.41) is 4.28. The SMILES string of the molecule is Cn1ncc(Br)c1-c1ccccc1OCCN1CCCC1. The lowest BCUT2D eigenvalue weighted by Crippen LogP contribution is -2.25. The number of para-hydroxylation sites is 1. The number of aromatic nitrogens is 2. The van der Waals surface area contributed by atoms with E-state index in [4.69, 9.17) is 4.74 Å². The second-order valence-corrected chi connectivity index (χ2v) is 6.21. The minimum Gasteiger partial charge on any atom is -0.492 e. The van der Waals surface area contributed by atoms with Crippen molar-refractivity contribution in [3.05, 3.63) is 34.9 Å². The average molecular weight is 350 g/mol. The molecule has 1 fully saturated rings. The second-order valence-electron chi connectivity index (χ2n) is 5.36. The van der Waals surface area contributed by atoms with Gasteiger partial charge in [-0.15, -0.1) is 0 Å². The smallest absolute Gasteiger partial charge is 0.128 e. The van der Waals surface area contributed by atoms with E-state index >= 15 is 0 Å². The fourth-order valence-electron chi connectivity index (χ4n) is 2.79. The van der Waals surface area contributed by atoms with E-state index in [-0.39, 0.29) is 0 Å². The molecule has 0 saturated carbocycles. The summed E-state index contributed by atoms with van der Waals surface area (Å²) >= 11 is 3.56. The molecule has 4 nitrogen and oxygen atoms in total. The molecule has 0 N–H and O–H groups in total. The van der Waals surface area contributed by atoms with Crippen LogP contribution < -0.4 is 4.74 Å². The molecule has 0 unspecified atom stereocenters. The van der Waals surface area contributed by atoms with Crippen LogP contribution in [0.2, 0.25) is 0 Å². The van der Waals surface area contributed by atoms with Gasteiger partial charge < -0.3 is 4.74 Å². The normalized spacial score (nSPS) is 15.5. The fourth-order valence-corrected chi connectivity index (χ4v) is 3.35. The number of ether oxygens (including phenoxy) is 1. The van der Waals surface area contributed by atoms with Gasteiger partial charge in [-0.3, -0.25) is 9.58 Å². The molecule has 0 aliphatic carbocycles.